The lowest BCUT2D eigenvalue weighted by molar-refractivity contribution is 0.0532. The van der Waals surface area contributed by atoms with Crippen molar-refractivity contribution in [2.45, 2.75) is 38.8 Å². The molecule has 146 valence electrons. The Hall–Kier alpha value is -1.68. The van der Waals surface area contributed by atoms with Gasteiger partial charge in [-0.25, -0.2) is 0 Å². The van der Waals surface area contributed by atoms with Crippen LogP contribution in [0.2, 0.25) is 0 Å². The standard InChI is InChI=1S/C24H33NO2/c26-19-23-11-13-24(14-12-23)20-27-16-15-25(17-21-7-3-1-4-8-21)18-22-9-5-2-6-10-22/h1-10,23-24,26H,11-20H2/t23-,24+. The van der Waals surface area contributed by atoms with Crippen molar-refractivity contribution < 1.29 is 9.84 Å². The highest BCUT2D eigenvalue weighted by Gasteiger charge is 2.20. The lowest BCUT2D eigenvalue weighted by Crippen LogP contribution is -2.28. The summed E-state index contributed by atoms with van der Waals surface area (Å²) in [6.07, 6.45) is 4.70. The maximum atomic E-state index is 9.26. The van der Waals surface area contributed by atoms with Crippen LogP contribution in [-0.4, -0.2) is 36.4 Å². The molecule has 3 heteroatoms. The summed E-state index contributed by atoms with van der Waals surface area (Å²) in [7, 11) is 0. The van der Waals surface area contributed by atoms with Crippen molar-refractivity contribution in [2.75, 3.05) is 26.4 Å². The van der Waals surface area contributed by atoms with Crippen molar-refractivity contribution in [3.05, 3.63) is 71.8 Å². The largest absolute Gasteiger partial charge is 0.396 e. The second-order valence-electron chi connectivity index (χ2n) is 7.83. The van der Waals surface area contributed by atoms with Gasteiger partial charge in [-0.15, -0.1) is 0 Å². The molecule has 2 aromatic rings. The van der Waals surface area contributed by atoms with Gasteiger partial charge in [-0.2, -0.15) is 0 Å². The minimum absolute atomic E-state index is 0.349. The molecule has 0 saturated heterocycles. The van der Waals surface area contributed by atoms with Gasteiger partial charge in [0.15, 0.2) is 0 Å². The molecule has 0 unspecified atom stereocenters. The van der Waals surface area contributed by atoms with Crippen LogP contribution in [-0.2, 0) is 17.8 Å². The van der Waals surface area contributed by atoms with E-state index in [9.17, 15) is 5.11 Å². The highest BCUT2D eigenvalue weighted by atomic mass is 16.5. The van der Waals surface area contributed by atoms with Crippen LogP contribution >= 0.6 is 0 Å². The first-order valence-electron chi connectivity index (χ1n) is 10.3. The van der Waals surface area contributed by atoms with Crippen LogP contribution in [0.4, 0.5) is 0 Å². The van der Waals surface area contributed by atoms with Gasteiger partial charge in [-0.1, -0.05) is 60.7 Å². The van der Waals surface area contributed by atoms with E-state index in [4.69, 9.17) is 4.74 Å². The molecule has 3 rings (SSSR count). The number of benzene rings is 2. The van der Waals surface area contributed by atoms with Crippen LogP contribution < -0.4 is 0 Å². The molecule has 0 spiro atoms. The fourth-order valence-electron chi connectivity index (χ4n) is 3.92. The first kappa shape index (κ1) is 20.1. The Kier molecular flexibility index (Phi) is 8.34. The summed E-state index contributed by atoms with van der Waals surface area (Å²) in [6, 6.07) is 21.3. The molecule has 1 saturated carbocycles. The lowest BCUT2D eigenvalue weighted by atomic mass is 9.83. The van der Waals surface area contributed by atoms with E-state index in [0.717, 1.165) is 45.7 Å². The third kappa shape index (κ3) is 7.10. The third-order valence-corrected chi connectivity index (χ3v) is 5.63. The summed E-state index contributed by atoms with van der Waals surface area (Å²) >= 11 is 0. The molecular formula is C24H33NO2. The topological polar surface area (TPSA) is 32.7 Å². The predicted octanol–water partition coefficient (Wildman–Crippen LogP) is 4.50. The fraction of sp³-hybridized carbons (Fsp3) is 0.500. The number of rotatable bonds is 10. The smallest absolute Gasteiger partial charge is 0.0593 e. The first-order chi connectivity index (χ1) is 13.3. The Balaban J connectivity index is 1.45. The maximum absolute atomic E-state index is 9.26. The second-order valence-corrected chi connectivity index (χ2v) is 7.83. The van der Waals surface area contributed by atoms with Gasteiger partial charge in [0.25, 0.3) is 0 Å². The average molecular weight is 368 g/mol. The zero-order chi connectivity index (χ0) is 18.7. The molecule has 27 heavy (non-hydrogen) atoms. The summed E-state index contributed by atoms with van der Waals surface area (Å²) in [5, 5.41) is 9.26. The highest BCUT2D eigenvalue weighted by molar-refractivity contribution is 5.17. The van der Waals surface area contributed by atoms with Gasteiger partial charge in [-0.05, 0) is 48.6 Å². The van der Waals surface area contributed by atoms with Crippen molar-refractivity contribution in [3.8, 4) is 0 Å². The van der Waals surface area contributed by atoms with E-state index in [1.807, 2.05) is 0 Å². The van der Waals surface area contributed by atoms with E-state index in [0.29, 0.717) is 18.4 Å². The van der Waals surface area contributed by atoms with Crippen molar-refractivity contribution in [1.82, 2.24) is 4.90 Å². The summed E-state index contributed by atoms with van der Waals surface area (Å²) in [5.41, 5.74) is 2.69. The first-order valence-corrected chi connectivity index (χ1v) is 10.3. The molecule has 0 aliphatic heterocycles. The zero-order valence-electron chi connectivity index (χ0n) is 16.3. The third-order valence-electron chi connectivity index (χ3n) is 5.63. The van der Waals surface area contributed by atoms with E-state index >= 15 is 0 Å². The van der Waals surface area contributed by atoms with Crippen LogP contribution in [0.1, 0.15) is 36.8 Å². The van der Waals surface area contributed by atoms with Crippen molar-refractivity contribution in [2.24, 2.45) is 11.8 Å². The van der Waals surface area contributed by atoms with E-state index in [1.165, 1.54) is 24.0 Å². The Morgan fingerprint density at radius 2 is 1.30 bits per heavy atom. The molecule has 0 bridgehead atoms. The van der Waals surface area contributed by atoms with Gasteiger partial charge in [-0.3, -0.25) is 4.90 Å². The molecule has 1 fully saturated rings. The van der Waals surface area contributed by atoms with Crippen LogP contribution in [0.3, 0.4) is 0 Å². The van der Waals surface area contributed by atoms with Gasteiger partial charge >= 0.3 is 0 Å². The number of hydrogen-bond acceptors (Lipinski definition) is 3. The van der Waals surface area contributed by atoms with Crippen molar-refractivity contribution >= 4 is 0 Å². The number of nitrogens with zero attached hydrogens (tertiary/aromatic N) is 1. The van der Waals surface area contributed by atoms with Gasteiger partial charge < -0.3 is 9.84 Å². The van der Waals surface area contributed by atoms with Crippen molar-refractivity contribution in [3.63, 3.8) is 0 Å². The van der Waals surface area contributed by atoms with E-state index in [-0.39, 0.29) is 0 Å². The number of aliphatic hydroxyl groups is 1. The molecule has 0 aromatic heterocycles. The zero-order valence-corrected chi connectivity index (χ0v) is 16.3. The Morgan fingerprint density at radius 3 is 1.81 bits per heavy atom. The lowest BCUT2D eigenvalue weighted by Gasteiger charge is -2.27. The molecule has 1 aliphatic carbocycles. The van der Waals surface area contributed by atoms with Gasteiger partial charge in [0.1, 0.15) is 0 Å². The van der Waals surface area contributed by atoms with Crippen LogP contribution in [0.5, 0.6) is 0 Å². The van der Waals surface area contributed by atoms with Crippen LogP contribution in [0, 0.1) is 11.8 Å². The quantitative estimate of drug-likeness (QED) is 0.628. The van der Waals surface area contributed by atoms with Gasteiger partial charge in [0.05, 0.1) is 6.61 Å². The number of ether oxygens (including phenoxy) is 1. The van der Waals surface area contributed by atoms with E-state index < -0.39 is 0 Å². The molecule has 1 aliphatic rings. The molecule has 3 nitrogen and oxygen atoms in total. The fourth-order valence-corrected chi connectivity index (χ4v) is 3.92. The Bertz CT molecular complexity index is 582. The highest BCUT2D eigenvalue weighted by Crippen LogP contribution is 2.28. The monoisotopic (exact) mass is 367 g/mol. The molecule has 0 heterocycles. The second kappa shape index (κ2) is 11.2. The number of hydrogen-bond donors (Lipinski definition) is 1. The summed E-state index contributed by atoms with van der Waals surface area (Å²) in [4.78, 5) is 2.47. The Labute approximate surface area is 164 Å². The van der Waals surface area contributed by atoms with E-state index in [2.05, 4.69) is 65.6 Å². The van der Waals surface area contributed by atoms with Crippen LogP contribution in [0.15, 0.2) is 60.7 Å². The van der Waals surface area contributed by atoms with Crippen molar-refractivity contribution in [1.29, 1.82) is 0 Å². The molecular weight excluding hydrogens is 334 g/mol. The summed E-state index contributed by atoms with van der Waals surface area (Å²) in [6.45, 7) is 4.82. The van der Waals surface area contributed by atoms with Gasteiger partial charge in [0, 0.05) is 32.8 Å². The molecule has 0 atom stereocenters. The SMILES string of the molecule is OC[C@H]1CC[C@@H](COCCN(Cc2ccccc2)Cc2ccccc2)CC1. The molecule has 0 amide bonds. The summed E-state index contributed by atoms with van der Waals surface area (Å²) < 4.78 is 6.04. The van der Waals surface area contributed by atoms with E-state index in [1.54, 1.807) is 0 Å². The Morgan fingerprint density at radius 1 is 0.778 bits per heavy atom. The predicted molar refractivity (Wildman–Crippen MR) is 110 cm³/mol. The molecule has 0 radical (unpaired) electrons. The summed E-state index contributed by atoms with van der Waals surface area (Å²) in [5.74, 6) is 1.19. The molecule has 2 aromatic carbocycles. The normalized spacial score (nSPS) is 20.1. The average Bonchev–Trinajstić information content (AvgIpc) is 2.73. The van der Waals surface area contributed by atoms with Crippen LogP contribution in [0.25, 0.3) is 0 Å². The number of aliphatic hydroxyl groups excluding tert-OH is 1. The van der Waals surface area contributed by atoms with Gasteiger partial charge in [0.2, 0.25) is 0 Å². The maximum Gasteiger partial charge on any atom is 0.0593 e. The minimum atomic E-state index is 0.349. The molecule has 1 N–H and O–H groups in total. The minimum Gasteiger partial charge on any atom is -0.396 e.